The van der Waals surface area contributed by atoms with E-state index in [1.165, 1.54) is 19.2 Å². The summed E-state index contributed by atoms with van der Waals surface area (Å²) >= 11 is 0. The highest BCUT2D eigenvalue weighted by atomic mass is 16.5. The van der Waals surface area contributed by atoms with E-state index in [0.29, 0.717) is 11.9 Å². The van der Waals surface area contributed by atoms with E-state index >= 15 is 0 Å². The average Bonchev–Trinajstić information content (AvgIpc) is 3.34. The van der Waals surface area contributed by atoms with Gasteiger partial charge in [-0.05, 0) is 62.8 Å². The van der Waals surface area contributed by atoms with Crippen LogP contribution in [0.1, 0.15) is 12.8 Å². The third-order valence-electron chi connectivity index (χ3n) is 5.72. The summed E-state index contributed by atoms with van der Waals surface area (Å²) < 4.78 is 7.88. The molecule has 0 spiro atoms. The lowest BCUT2D eigenvalue weighted by molar-refractivity contribution is 0.277. The third-order valence-corrected chi connectivity index (χ3v) is 5.72. The lowest BCUT2D eigenvalue weighted by Gasteiger charge is -2.19. The number of hydrogen-bond donors (Lipinski definition) is 1. The smallest absolute Gasteiger partial charge is 0.164 e. The highest BCUT2D eigenvalue weighted by Crippen LogP contribution is 2.32. The van der Waals surface area contributed by atoms with Gasteiger partial charge in [0.1, 0.15) is 29.3 Å². The first kappa shape index (κ1) is 18.6. The molecule has 1 aliphatic heterocycles. The number of aromatic nitrogens is 4. The van der Waals surface area contributed by atoms with Crippen LogP contribution in [0.4, 0.5) is 5.82 Å². The van der Waals surface area contributed by atoms with E-state index in [2.05, 4.69) is 21.9 Å². The van der Waals surface area contributed by atoms with Crippen LogP contribution >= 0.6 is 0 Å². The van der Waals surface area contributed by atoms with Gasteiger partial charge in [0.2, 0.25) is 0 Å². The normalized spacial score (nSPS) is 16.9. The van der Waals surface area contributed by atoms with Crippen LogP contribution in [-0.2, 0) is 6.54 Å². The molecular formula is C23H24N6O. The zero-order valence-electron chi connectivity index (χ0n) is 16.9. The van der Waals surface area contributed by atoms with Gasteiger partial charge in [0.15, 0.2) is 5.65 Å². The Kier molecular flexibility index (Phi) is 4.80. The molecule has 0 unspecified atom stereocenters. The van der Waals surface area contributed by atoms with Crippen molar-refractivity contribution in [2.24, 2.45) is 0 Å². The second-order valence-corrected chi connectivity index (χ2v) is 7.70. The number of rotatable bonds is 5. The van der Waals surface area contributed by atoms with E-state index in [0.717, 1.165) is 46.9 Å². The molecular weight excluding hydrogens is 376 g/mol. The van der Waals surface area contributed by atoms with Gasteiger partial charge in [-0.15, -0.1) is 0 Å². The molecule has 1 aliphatic rings. The average molecular weight is 400 g/mol. The van der Waals surface area contributed by atoms with Gasteiger partial charge in [0.25, 0.3) is 0 Å². The van der Waals surface area contributed by atoms with Crippen LogP contribution < -0.4 is 10.5 Å². The molecule has 2 aromatic heterocycles. The number of nitrogen functional groups attached to an aromatic ring is 1. The van der Waals surface area contributed by atoms with Crippen molar-refractivity contribution < 1.29 is 4.74 Å². The highest BCUT2D eigenvalue weighted by Gasteiger charge is 2.24. The molecule has 7 nitrogen and oxygen atoms in total. The number of para-hydroxylation sites is 1. The predicted octanol–water partition coefficient (Wildman–Crippen LogP) is 3.96. The van der Waals surface area contributed by atoms with Crippen molar-refractivity contribution >= 4 is 16.9 Å². The molecule has 0 aliphatic carbocycles. The first-order valence-electron chi connectivity index (χ1n) is 10.2. The maximum absolute atomic E-state index is 6.24. The predicted molar refractivity (Wildman–Crippen MR) is 117 cm³/mol. The van der Waals surface area contributed by atoms with Crippen molar-refractivity contribution in [2.75, 3.05) is 19.3 Å². The Morgan fingerprint density at radius 2 is 1.80 bits per heavy atom. The number of ether oxygens (including phenoxy) is 1. The van der Waals surface area contributed by atoms with Gasteiger partial charge < -0.3 is 15.4 Å². The van der Waals surface area contributed by atoms with Crippen molar-refractivity contribution in [1.29, 1.82) is 0 Å². The number of hydrogen-bond acceptors (Lipinski definition) is 6. The molecule has 1 saturated heterocycles. The summed E-state index contributed by atoms with van der Waals surface area (Å²) in [5.74, 6) is 2.02. The number of likely N-dealkylation sites (tertiary alicyclic amines) is 1. The second kappa shape index (κ2) is 7.76. The molecule has 7 heteroatoms. The fraction of sp³-hybridized carbons (Fsp3) is 0.261. The first-order chi connectivity index (χ1) is 14.7. The van der Waals surface area contributed by atoms with Crippen molar-refractivity contribution in [3.8, 4) is 22.8 Å². The van der Waals surface area contributed by atoms with Gasteiger partial charge >= 0.3 is 0 Å². The lowest BCUT2D eigenvalue weighted by Crippen LogP contribution is -2.29. The van der Waals surface area contributed by atoms with E-state index in [9.17, 15) is 0 Å². The van der Waals surface area contributed by atoms with Crippen LogP contribution in [0.2, 0.25) is 0 Å². The first-order valence-corrected chi connectivity index (χ1v) is 10.2. The minimum Gasteiger partial charge on any atom is -0.457 e. The van der Waals surface area contributed by atoms with Crippen LogP contribution in [0.15, 0.2) is 60.9 Å². The number of benzene rings is 2. The third kappa shape index (κ3) is 3.48. The minimum atomic E-state index is 0.450. The number of nitrogens with zero attached hydrogens (tertiary/aromatic N) is 5. The van der Waals surface area contributed by atoms with Gasteiger partial charge in [-0.3, -0.25) is 0 Å². The molecule has 30 heavy (non-hydrogen) atoms. The fourth-order valence-corrected chi connectivity index (χ4v) is 4.07. The summed E-state index contributed by atoms with van der Waals surface area (Å²) in [6.07, 6.45) is 3.89. The molecule has 0 bridgehead atoms. The molecule has 0 amide bonds. The van der Waals surface area contributed by atoms with E-state index in [4.69, 9.17) is 15.6 Å². The molecule has 2 N–H and O–H groups in total. The molecule has 1 atom stereocenters. The minimum absolute atomic E-state index is 0.450. The number of fused-ring (bicyclic) bond motifs is 1. The van der Waals surface area contributed by atoms with Gasteiger partial charge in [0, 0.05) is 11.6 Å². The second-order valence-electron chi connectivity index (χ2n) is 7.70. The van der Waals surface area contributed by atoms with Crippen LogP contribution in [0.3, 0.4) is 0 Å². The monoisotopic (exact) mass is 400 g/mol. The van der Waals surface area contributed by atoms with E-state index in [-0.39, 0.29) is 0 Å². The SMILES string of the molecule is CN1CCC[C@H]1Cn1nc(-c2ccc(Oc3ccccc3)cc2)c2c(N)ncnc21. The summed E-state index contributed by atoms with van der Waals surface area (Å²) in [6.45, 7) is 1.91. The molecule has 0 radical (unpaired) electrons. The Bertz CT molecular complexity index is 1160. The van der Waals surface area contributed by atoms with Gasteiger partial charge in [-0.2, -0.15) is 5.10 Å². The summed E-state index contributed by atoms with van der Waals surface area (Å²) in [5.41, 5.74) is 8.78. The van der Waals surface area contributed by atoms with Crippen LogP contribution in [0, 0.1) is 0 Å². The largest absolute Gasteiger partial charge is 0.457 e. The molecule has 3 heterocycles. The van der Waals surface area contributed by atoms with E-state index < -0.39 is 0 Å². The number of nitrogens with two attached hydrogens (primary N) is 1. The summed E-state index contributed by atoms with van der Waals surface area (Å²) in [5, 5.41) is 5.70. The van der Waals surface area contributed by atoms with Crippen molar-refractivity contribution in [1.82, 2.24) is 24.6 Å². The standard InChI is InChI=1S/C23H24N6O/c1-28-13-5-6-17(28)14-29-23-20(22(24)25-15-26-23)21(27-29)16-9-11-19(12-10-16)30-18-7-3-2-4-8-18/h2-4,7-12,15,17H,5-6,13-14H2,1H3,(H2,24,25,26)/t17-/m0/s1. The number of likely N-dealkylation sites (N-methyl/N-ethyl adjacent to an activating group) is 1. The summed E-state index contributed by atoms with van der Waals surface area (Å²) in [7, 11) is 2.17. The fourth-order valence-electron chi connectivity index (χ4n) is 4.07. The van der Waals surface area contributed by atoms with Crippen molar-refractivity contribution in [2.45, 2.75) is 25.4 Å². The van der Waals surface area contributed by atoms with Crippen molar-refractivity contribution in [3.63, 3.8) is 0 Å². The molecule has 2 aromatic carbocycles. The molecule has 5 rings (SSSR count). The topological polar surface area (TPSA) is 82.1 Å². The maximum atomic E-state index is 6.24. The Balaban J connectivity index is 1.49. The van der Waals surface area contributed by atoms with Gasteiger partial charge in [-0.25, -0.2) is 14.6 Å². The van der Waals surface area contributed by atoms with E-state index in [1.54, 1.807) is 0 Å². The van der Waals surface area contributed by atoms with Gasteiger partial charge in [-0.1, -0.05) is 18.2 Å². The summed E-state index contributed by atoms with van der Waals surface area (Å²) in [6, 6.07) is 18.1. The van der Waals surface area contributed by atoms with Crippen LogP contribution in [0.5, 0.6) is 11.5 Å². The van der Waals surface area contributed by atoms with E-state index in [1.807, 2.05) is 59.3 Å². The Hall–Kier alpha value is -3.45. The maximum Gasteiger partial charge on any atom is 0.164 e. The van der Waals surface area contributed by atoms with Crippen molar-refractivity contribution in [3.05, 3.63) is 60.9 Å². The highest BCUT2D eigenvalue weighted by molar-refractivity contribution is 5.98. The zero-order valence-corrected chi connectivity index (χ0v) is 16.9. The zero-order chi connectivity index (χ0) is 20.5. The Morgan fingerprint density at radius 3 is 2.53 bits per heavy atom. The molecule has 0 saturated carbocycles. The summed E-state index contributed by atoms with van der Waals surface area (Å²) in [4.78, 5) is 11.1. The lowest BCUT2D eigenvalue weighted by atomic mass is 10.1. The van der Waals surface area contributed by atoms with Crippen LogP contribution in [-0.4, -0.2) is 44.3 Å². The van der Waals surface area contributed by atoms with Crippen LogP contribution in [0.25, 0.3) is 22.3 Å². The molecule has 152 valence electrons. The quantitative estimate of drug-likeness (QED) is 0.546. The molecule has 4 aromatic rings. The Labute approximate surface area is 175 Å². The Morgan fingerprint density at radius 1 is 1.03 bits per heavy atom. The van der Waals surface area contributed by atoms with Gasteiger partial charge in [0.05, 0.1) is 11.9 Å². The number of anilines is 1. The molecule has 1 fully saturated rings.